The van der Waals surface area contributed by atoms with Gasteiger partial charge in [0.1, 0.15) is 6.42 Å². The van der Waals surface area contributed by atoms with Crippen LogP contribution in [0.3, 0.4) is 0 Å². The Labute approximate surface area is 146 Å². The molecule has 0 bridgehead atoms. The topological polar surface area (TPSA) is 98.7 Å². The van der Waals surface area contributed by atoms with Crippen molar-refractivity contribution in [3.05, 3.63) is 71.8 Å². The number of rotatable bonds is 8. The third-order valence-electron chi connectivity index (χ3n) is 3.76. The van der Waals surface area contributed by atoms with Crippen molar-refractivity contribution >= 4 is 11.8 Å². The summed E-state index contributed by atoms with van der Waals surface area (Å²) in [5.41, 5.74) is 1.52. The van der Waals surface area contributed by atoms with Crippen LogP contribution < -0.4 is 10.6 Å². The SMILES string of the molecule is O=C(CC(=O)NC(CO)c1ccccc1)NC(CO)c1ccccc1. The van der Waals surface area contributed by atoms with Crippen molar-refractivity contribution in [3.8, 4) is 0 Å². The van der Waals surface area contributed by atoms with Crippen molar-refractivity contribution in [2.24, 2.45) is 0 Å². The van der Waals surface area contributed by atoms with Crippen LogP contribution >= 0.6 is 0 Å². The zero-order valence-corrected chi connectivity index (χ0v) is 13.8. The van der Waals surface area contributed by atoms with Gasteiger partial charge in [-0.25, -0.2) is 0 Å². The van der Waals surface area contributed by atoms with E-state index in [1.807, 2.05) is 36.4 Å². The van der Waals surface area contributed by atoms with Gasteiger partial charge in [0.15, 0.2) is 0 Å². The summed E-state index contributed by atoms with van der Waals surface area (Å²) < 4.78 is 0. The van der Waals surface area contributed by atoms with Crippen LogP contribution in [0, 0.1) is 0 Å². The molecule has 0 aromatic heterocycles. The summed E-state index contributed by atoms with van der Waals surface area (Å²) >= 11 is 0. The number of carbonyl (C=O) groups excluding carboxylic acids is 2. The minimum atomic E-state index is -0.565. The first-order valence-corrected chi connectivity index (χ1v) is 8.04. The van der Waals surface area contributed by atoms with Crippen LogP contribution in [0.1, 0.15) is 29.6 Å². The number of hydrogen-bond donors (Lipinski definition) is 4. The quantitative estimate of drug-likeness (QED) is 0.540. The summed E-state index contributed by atoms with van der Waals surface area (Å²) in [4.78, 5) is 24.1. The molecule has 6 nitrogen and oxygen atoms in total. The molecule has 2 atom stereocenters. The molecular weight excluding hydrogens is 320 g/mol. The molecule has 0 saturated carbocycles. The minimum absolute atomic E-state index is 0.263. The number of hydrogen-bond acceptors (Lipinski definition) is 4. The number of aliphatic hydroxyl groups excluding tert-OH is 2. The molecule has 4 N–H and O–H groups in total. The standard InChI is InChI=1S/C19H22N2O4/c22-12-16(14-7-3-1-4-8-14)20-18(24)11-19(25)21-17(13-23)15-9-5-2-6-10-15/h1-10,16-17,22-23H,11-13H2,(H,20,24)(H,21,25). The van der Waals surface area contributed by atoms with E-state index in [0.717, 1.165) is 11.1 Å². The highest BCUT2D eigenvalue weighted by molar-refractivity contribution is 5.97. The maximum atomic E-state index is 12.1. The van der Waals surface area contributed by atoms with E-state index in [1.165, 1.54) is 0 Å². The highest BCUT2D eigenvalue weighted by Gasteiger charge is 2.18. The van der Waals surface area contributed by atoms with Gasteiger partial charge in [0.05, 0.1) is 25.3 Å². The Hall–Kier alpha value is -2.70. The summed E-state index contributed by atoms with van der Waals surface area (Å²) in [6.45, 7) is -0.526. The number of carbonyl (C=O) groups is 2. The molecule has 2 amide bonds. The third-order valence-corrected chi connectivity index (χ3v) is 3.76. The van der Waals surface area contributed by atoms with E-state index in [0.29, 0.717) is 0 Å². The third kappa shape index (κ3) is 5.70. The molecule has 0 spiro atoms. The normalized spacial score (nSPS) is 12.9. The molecule has 2 unspecified atom stereocenters. The molecule has 6 heteroatoms. The second-order valence-corrected chi connectivity index (χ2v) is 5.60. The zero-order chi connectivity index (χ0) is 18.1. The predicted octanol–water partition coefficient (Wildman–Crippen LogP) is 1.08. The van der Waals surface area contributed by atoms with Gasteiger partial charge in [0.2, 0.25) is 11.8 Å². The Morgan fingerprint density at radius 1 is 0.720 bits per heavy atom. The molecule has 132 valence electrons. The first-order valence-electron chi connectivity index (χ1n) is 8.04. The molecule has 2 aromatic rings. The highest BCUT2D eigenvalue weighted by atomic mass is 16.3. The molecule has 0 saturated heterocycles. The molecule has 0 aliphatic rings. The van der Waals surface area contributed by atoms with Crippen LogP contribution in [-0.4, -0.2) is 35.2 Å². The summed E-state index contributed by atoms with van der Waals surface area (Å²) in [6.07, 6.45) is -0.382. The number of nitrogens with one attached hydrogen (secondary N) is 2. The van der Waals surface area contributed by atoms with Crippen molar-refractivity contribution in [2.45, 2.75) is 18.5 Å². The van der Waals surface area contributed by atoms with Gasteiger partial charge in [-0.2, -0.15) is 0 Å². The van der Waals surface area contributed by atoms with Crippen LogP contribution in [0.2, 0.25) is 0 Å². The van der Waals surface area contributed by atoms with E-state index in [2.05, 4.69) is 10.6 Å². The molecule has 2 rings (SSSR count). The monoisotopic (exact) mass is 342 g/mol. The summed E-state index contributed by atoms with van der Waals surface area (Å²) in [5.74, 6) is -0.990. The fourth-order valence-corrected chi connectivity index (χ4v) is 2.48. The van der Waals surface area contributed by atoms with Crippen molar-refractivity contribution in [2.75, 3.05) is 13.2 Å². The van der Waals surface area contributed by atoms with E-state index < -0.39 is 23.9 Å². The molecule has 0 fully saturated rings. The average Bonchev–Trinajstić information content (AvgIpc) is 2.65. The van der Waals surface area contributed by atoms with Crippen LogP contribution in [0.25, 0.3) is 0 Å². The first-order chi connectivity index (χ1) is 12.1. The van der Waals surface area contributed by atoms with Crippen molar-refractivity contribution in [1.82, 2.24) is 10.6 Å². The van der Waals surface area contributed by atoms with E-state index in [9.17, 15) is 19.8 Å². The van der Waals surface area contributed by atoms with Gasteiger partial charge in [-0.1, -0.05) is 60.7 Å². The molecule has 0 heterocycles. The summed E-state index contributed by atoms with van der Waals surface area (Å²) in [7, 11) is 0. The number of amides is 2. The lowest BCUT2D eigenvalue weighted by atomic mass is 10.1. The van der Waals surface area contributed by atoms with Crippen molar-refractivity contribution in [1.29, 1.82) is 0 Å². The van der Waals surface area contributed by atoms with E-state index in [-0.39, 0.29) is 19.6 Å². The molecule has 25 heavy (non-hydrogen) atoms. The average molecular weight is 342 g/mol. The lowest BCUT2D eigenvalue weighted by Gasteiger charge is -2.18. The van der Waals surface area contributed by atoms with Gasteiger partial charge in [-0.3, -0.25) is 9.59 Å². The molecular formula is C19H22N2O4. The maximum absolute atomic E-state index is 12.1. The summed E-state index contributed by atoms with van der Waals surface area (Å²) in [5, 5.41) is 24.2. The fraction of sp³-hybridized carbons (Fsp3) is 0.263. The lowest BCUT2D eigenvalue weighted by Crippen LogP contribution is -2.37. The van der Waals surface area contributed by atoms with Crippen molar-refractivity contribution < 1.29 is 19.8 Å². The molecule has 0 aliphatic heterocycles. The smallest absolute Gasteiger partial charge is 0.229 e. The Morgan fingerprint density at radius 3 is 1.40 bits per heavy atom. The molecule has 2 aromatic carbocycles. The van der Waals surface area contributed by atoms with Gasteiger partial charge < -0.3 is 20.8 Å². The molecule has 0 aliphatic carbocycles. The van der Waals surface area contributed by atoms with Crippen LogP contribution in [0.15, 0.2) is 60.7 Å². The second-order valence-electron chi connectivity index (χ2n) is 5.60. The van der Waals surface area contributed by atoms with Gasteiger partial charge in [0.25, 0.3) is 0 Å². The van der Waals surface area contributed by atoms with Gasteiger partial charge >= 0.3 is 0 Å². The summed E-state index contributed by atoms with van der Waals surface area (Å²) in [6, 6.07) is 16.9. The zero-order valence-electron chi connectivity index (χ0n) is 13.8. The van der Waals surface area contributed by atoms with E-state index >= 15 is 0 Å². The fourth-order valence-electron chi connectivity index (χ4n) is 2.48. The van der Waals surface area contributed by atoms with Gasteiger partial charge in [0, 0.05) is 0 Å². The maximum Gasteiger partial charge on any atom is 0.229 e. The van der Waals surface area contributed by atoms with Crippen LogP contribution in [0.5, 0.6) is 0 Å². The number of benzene rings is 2. The number of aliphatic hydroxyl groups is 2. The van der Waals surface area contributed by atoms with Crippen LogP contribution in [0.4, 0.5) is 0 Å². The highest BCUT2D eigenvalue weighted by Crippen LogP contribution is 2.13. The second kappa shape index (κ2) is 9.56. The Balaban J connectivity index is 1.90. The Kier molecular flexibility index (Phi) is 7.13. The van der Waals surface area contributed by atoms with E-state index in [4.69, 9.17) is 0 Å². The van der Waals surface area contributed by atoms with Crippen LogP contribution in [-0.2, 0) is 9.59 Å². The predicted molar refractivity (Wildman–Crippen MR) is 93.4 cm³/mol. The van der Waals surface area contributed by atoms with Crippen molar-refractivity contribution in [3.63, 3.8) is 0 Å². The Morgan fingerprint density at radius 2 is 1.08 bits per heavy atom. The Bertz CT molecular complexity index is 617. The van der Waals surface area contributed by atoms with Gasteiger partial charge in [-0.05, 0) is 11.1 Å². The minimum Gasteiger partial charge on any atom is -0.394 e. The largest absolute Gasteiger partial charge is 0.394 e. The van der Waals surface area contributed by atoms with E-state index in [1.54, 1.807) is 24.3 Å². The first kappa shape index (κ1) is 18.6. The molecule has 0 radical (unpaired) electrons. The van der Waals surface area contributed by atoms with Gasteiger partial charge in [-0.15, -0.1) is 0 Å². The lowest BCUT2D eigenvalue weighted by molar-refractivity contribution is -0.130.